The number of anilines is 1. The van der Waals surface area contributed by atoms with Crippen LogP contribution in [0.4, 0.5) is 5.69 Å². The number of allylic oxidation sites excluding steroid dienone is 1. The topological polar surface area (TPSA) is 94.5 Å². The first-order valence-corrected chi connectivity index (χ1v) is 10.7. The molecule has 0 radical (unpaired) electrons. The van der Waals surface area contributed by atoms with Gasteiger partial charge in [0.15, 0.2) is 0 Å². The molecule has 3 aromatic rings. The molecule has 0 saturated heterocycles. The maximum Gasteiger partial charge on any atom is 0.307 e. The number of nitrogens with one attached hydrogen (secondary N) is 3. The molecule has 8 heteroatoms. The van der Waals surface area contributed by atoms with E-state index >= 15 is 0 Å². The summed E-state index contributed by atoms with van der Waals surface area (Å²) in [4.78, 5) is 11.0. The highest BCUT2D eigenvalue weighted by Crippen LogP contribution is 2.39. The third-order valence-electron chi connectivity index (χ3n) is 6.02. The molecule has 0 bridgehead atoms. The summed E-state index contributed by atoms with van der Waals surface area (Å²) >= 11 is 0. The minimum Gasteiger partial charge on any atom is -0.481 e. The molecule has 5 rings (SSSR count). The Bertz CT molecular complexity index is 1200. The standard InChI is InChI=1S/C24H26N6O2/c1-15-24-20-8-5-17(18-13-25-29(2)14-18)12-21(20)22(9-10-30(24)28-27-15)26-19-6-3-16(4-7-19)11-23(31)32/h3-8,12-14,22,26-28H,9-11H2,1-2H3,(H,31,32). The number of aliphatic carboxylic acids is 1. The average Bonchev–Trinajstić information content (AvgIpc) is 3.33. The van der Waals surface area contributed by atoms with Crippen LogP contribution in [-0.4, -0.2) is 32.4 Å². The lowest BCUT2D eigenvalue weighted by molar-refractivity contribution is -0.136. The Balaban J connectivity index is 1.52. The Morgan fingerprint density at radius 3 is 2.75 bits per heavy atom. The van der Waals surface area contributed by atoms with Crippen molar-refractivity contribution in [2.45, 2.75) is 25.8 Å². The lowest BCUT2D eigenvalue weighted by Gasteiger charge is -2.21. The number of aromatic nitrogens is 2. The van der Waals surface area contributed by atoms with Crippen LogP contribution in [0.2, 0.25) is 0 Å². The van der Waals surface area contributed by atoms with Gasteiger partial charge in [-0.2, -0.15) is 5.10 Å². The van der Waals surface area contributed by atoms with Crippen LogP contribution < -0.4 is 16.3 Å². The largest absolute Gasteiger partial charge is 0.481 e. The van der Waals surface area contributed by atoms with E-state index in [1.807, 2.05) is 48.4 Å². The minimum absolute atomic E-state index is 0.0298. The van der Waals surface area contributed by atoms with Crippen molar-refractivity contribution in [1.29, 1.82) is 0 Å². The molecule has 2 aromatic carbocycles. The first-order valence-electron chi connectivity index (χ1n) is 10.7. The van der Waals surface area contributed by atoms with E-state index in [2.05, 4.69) is 51.5 Å². The van der Waals surface area contributed by atoms with Gasteiger partial charge in [0.1, 0.15) is 0 Å². The molecule has 8 nitrogen and oxygen atoms in total. The van der Waals surface area contributed by atoms with Crippen molar-refractivity contribution in [3.63, 3.8) is 0 Å². The molecule has 1 unspecified atom stereocenters. The summed E-state index contributed by atoms with van der Waals surface area (Å²) in [6, 6.07) is 14.3. The molecule has 2 aliphatic rings. The van der Waals surface area contributed by atoms with Crippen LogP contribution in [0, 0.1) is 0 Å². The molecule has 32 heavy (non-hydrogen) atoms. The van der Waals surface area contributed by atoms with Crippen LogP contribution in [0.15, 0.2) is 60.6 Å². The van der Waals surface area contributed by atoms with Gasteiger partial charge in [-0.15, -0.1) is 5.53 Å². The van der Waals surface area contributed by atoms with Crippen LogP contribution in [0.3, 0.4) is 0 Å². The molecule has 0 amide bonds. The summed E-state index contributed by atoms with van der Waals surface area (Å²) < 4.78 is 1.81. The molecule has 0 saturated carbocycles. The van der Waals surface area contributed by atoms with E-state index in [1.165, 1.54) is 16.8 Å². The molecular weight excluding hydrogens is 404 g/mol. The van der Waals surface area contributed by atoms with Crippen molar-refractivity contribution in [1.82, 2.24) is 25.7 Å². The summed E-state index contributed by atoms with van der Waals surface area (Å²) in [5.41, 5.74) is 15.2. The number of carboxylic acids is 1. The van der Waals surface area contributed by atoms with Crippen LogP contribution in [0.25, 0.3) is 16.8 Å². The molecule has 0 aliphatic carbocycles. The highest BCUT2D eigenvalue weighted by atomic mass is 16.4. The average molecular weight is 431 g/mol. The Kier molecular flexibility index (Phi) is 5.07. The Hall–Kier alpha value is -3.78. The molecule has 164 valence electrons. The van der Waals surface area contributed by atoms with Gasteiger partial charge in [-0.05, 0) is 48.2 Å². The van der Waals surface area contributed by atoms with Crippen molar-refractivity contribution in [2.75, 3.05) is 11.9 Å². The summed E-state index contributed by atoms with van der Waals surface area (Å²) in [5.74, 6) is -0.823. The van der Waals surface area contributed by atoms with Gasteiger partial charge in [0, 0.05) is 36.6 Å². The second kappa shape index (κ2) is 8.05. The lowest BCUT2D eigenvalue weighted by atomic mass is 9.93. The van der Waals surface area contributed by atoms with E-state index in [0.29, 0.717) is 0 Å². The second-order valence-electron chi connectivity index (χ2n) is 8.32. The van der Waals surface area contributed by atoms with Gasteiger partial charge in [0.25, 0.3) is 0 Å². The van der Waals surface area contributed by atoms with E-state index in [4.69, 9.17) is 5.11 Å². The number of carboxylic acid groups (broad SMARTS) is 1. The number of hydrazine groups is 2. The van der Waals surface area contributed by atoms with Crippen molar-refractivity contribution in [2.24, 2.45) is 7.05 Å². The van der Waals surface area contributed by atoms with Crippen molar-refractivity contribution < 1.29 is 9.90 Å². The van der Waals surface area contributed by atoms with Crippen molar-refractivity contribution in [3.05, 3.63) is 77.2 Å². The van der Waals surface area contributed by atoms with E-state index in [9.17, 15) is 4.79 Å². The quantitative estimate of drug-likeness (QED) is 0.493. The van der Waals surface area contributed by atoms with Crippen LogP contribution in [-0.2, 0) is 18.3 Å². The zero-order chi connectivity index (χ0) is 22.2. The first-order chi connectivity index (χ1) is 15.5. The Morgan fingerprint density at radius 1 is 1.22 bits per heavy atom. The van der Waals surface area contributed by atoms with E-state index < -0.39 is 5.97 Å². The fourth-order valence-corrected chi connectivity index (χ4v) is 4.46. The van der Waals surface area contributed by atoms with Gasteiger partial charge in [-0.3, -0.25) is 14.5 Å². The number of carbonyl (C=O) groups is 1. The minimum atomic E-state index is -0.823. The van der Waals surface area contributed by atoms with E-state index in [0.717, 1.165) is 41.0 Å². The SMILES string of the molecule is CC1=C2c3ccc(-c4cnn(C)c4)cc3C(Nc3ccc(CC(=O)O)cc3)CCN2NN1. The smallest absolute Gasteiger partial charge is 0.307 e. The second-order valence-corrected chi connectivity index (χ2v) is 8.32. The van der Waals surface area contributed by atoms with Crippen LogP contribution in [0.1, 0.15) is 36.1 Å². The zero-order valence-electron chi connectivity index (χ0n) is 18.1. The number of aryl methyl sites for hydroxylation is 1. The number of hydrogen-bond acceptors (Lipinski definition) is 6. The number of fused-ring (bicyclic) bond motifs is 3. The highest BCUT2D eigenvalue weighted by molar-refractivity contribution is 5.76. The molecular formula is C24H26N6O2. The predicted octanol–water partition coefficient (Wildman–Crippen LogP) is 3.28. The number of rotatable bonds is 5. The summed E-state index contributed by atoms with van der Waals surface area (Å²) in [6.07, 6.45) is 4.84. The monoisotopic (exact) mass is 430 g/mol. The fourth-order valence-electron chi connectivity index (χ4n) is 4.46. The van der Waals surface area contributed by atoms with Gasteiger partial charge in [-0.1, -0.05) is 24.3 Å². The highest BCUT2D eigenvalue weighted by Gasteiger charge is 2.30. The third-order valence-corrected chi connectivity index (χ3v) is 6.02. The van der Waals surface area contributed by atoms with Gasteiger partial charge < -0.3 is 15.8 Å². The molecule has 1 aromatic heterocycles. The van der Waals surface area contributed by atoms with Gasteiger partial charge >= 0.3 is 5.97 Å². The Labute approximate surface area is 186 Å². The Morgan fingerprint density at radius 2 is 2.03 bits per heavy atom. The van der Waals surface area contributed by atoms with E-state index in [1.54, 1.807) is 0 Å². The van der Waals surface area contributed by atoms with E-state index in [-0.39, 0.29) is 12.5 Å². The first kappa shape index (κ1) is 20.1. The summed E-state index contributed by atoms with van der Waals surface area (Å²) in [7, 11) is 1.92. The zero-order valence-corrected chi connectivity index (χ0v) is 18.1. The van der Waals surface area contributed by atoms with Crippen LogP contribution >= 0.6 is 0 Å². The maximum atomic E-state index is 11.0. The molecule has 0 spiro atoms. The summed E-state index contributed by atoms with van der Waals surface area (Å²) in [6.45, 7) is 2.92. The lowest BCUT2D eigenvalue weighted by Crippen LogP contribution is -2.37. The maximum absolute atomic E-state index is 11.0. The van der Waals surface area contributed by atoms with Gasteiger partial charge in [0.2, 0.25) is 0 Å². The fraction of sp³-hybridized carbons (Fsp3) is 0.250. The van der Waals surface area contributed by atoms with Crippen molar-refractivity contribution in [3.8, 4) is 11.1 Å². The number of benzene rings is 2. The number of hydrogen-bond donors (Lipinski definition) is 4. The summed E-state index contributed by atoms with van der Waals surface area (Å²) in [5, 5.41) is 19.2. The molecule has 2 aliphatic heterocycles. The normalized spacial score (nSPS) is 17.4. The molecule has 3 heterocycles. The van der Waals surface area contributed by atoms with Crippen molar-refractivity contribution >= 4 is 17.4 Å². The predicted molar refractivity (Wildman–Crippen MR) is 123 cm³/mol. The number of nitrogens with zero attached hydrogens (tertiary/aromatic N) is 3. The molecule has 0 fully saturated rings. The van der Waals surface area contributed by atoms with Gasteiger partial charge in [-0.25, -0.2) is 0 Å². The third kappa shape index (κ3) is 3.80. The molecule has 1 atom stereocenters. The molecule has 4 N–H and O–H groups in total. The van der Waals surface area contributed by atoms with Crippen LogP contribution in [0.5, 0.6) is 0 Å². The van der Waals surface area contributed by atoms with Gasteiger partial charge in [0.05, 0.1) is 30.1 Å².